The van der Waals surface area contributed by atoms with Gasteiger partial charge in [0.2, 0.25) is 0 Å². The molecule has 0 aromatic heterocycles. The van der Waals surface area contributed by atoms with E-state index in [2.05, 4.69) is 15.9 Å². The summed E-state index contributed by atoms with van der Waals surface area (Å²) in [7, 11) is 0. The van der Waals surface area contributed by atoms with E-state index in [0.717, 1.165) is 10.9 Å². The molecule has 0 radical (unpaired) electrons. The van der Waals surface area contributed by atoms with Gasteiger partial charge >= 0.3 is 5.97 Å². The Morgan fingerprint density at radius 2 is 2.11 bits per heavy atom. The Morgan fingerprint density at radius 3 is 2.79 bits per heavy atom. The molecule has 1 aliphatic rings. The van der Waals surface area contributed by atoms with Crippen molar-refractivity contribution < 1.29 is 14.7 Å². The number of amides is 1. The molecule has 1 amide bonds. The van der Waals surface area contributed by atoms with E-state index >= 15 is 0 Å². The van der Waals surface area contributed by atoms with E-state index in [4.69, 9.17) is 5.11 Å². The summed E-state index contributed by atoms with van der Waals surface area (Å²) in [4.78, 5) is 24.7. The third-order valence-corrected chi connectivity index (χ3v) is 4.14. The summed E-state index contributed by atoms with van der Waals surface area (Å²) in [5, 5.41) is 8.68. The lowest BCUT2D eigenvalue weighted by Gasteiger charge is -2.17. The van der Waals surface area contributed by atoms with Gasteiger partial charge in [-0.1, -0.05) is 12.1 Å². The van der Waals surface area contributed by atoms with Crippen molar-refractivity contribution in [1.29, 1.82) is 0 Å². The molecule has 102 valence electrons. The van der Waals surface area contributed by atoms with Crippen molar-refractivity contribution in [2.24, 2.45) is 5.92 Å². The van der Waals surface area contributed by atoms with Crippen molar-refractivity contribution in [2.45, 2.75) is 19.3 Å². The first-order valence-electron chi connectivity index (χ1n) is 6.33. The molecule has 1 heterocycles. The lowest BCUT2D eigenvalue weighted by Crippen LogP contribution is -2.29. The van der Waals surface area contributed by atoms with Crippen molar-refractivity contribution in [2.75, 3.05) is 13.1 Å². The van der Waals surface area contributed by atoms with Crippen LogP contribution in [-0.2, 0) is 4.79 Å². The Morgan fingerprint density at radius 1 is 1.37 bits per heavy atom. The first kappa shape index (κ1) is 14.1. The number of carbonyl (C=O) groups is 2. The summed E-state index contributed by atoms with van der Waals surface area (Å²) in [6.07, 6.45) is 1.72. The molecule has 0 aliphatic carbocycles. The molecule has 19 heavy (non-hydrogen) atoms. The highest BCUT2D eigenvalue weighted by Crippen LogP contribution is 2.25. The summed E-state index contributed by atoms with van der Waals surface area (Å²) >= 11 is 3.38. The average Bonchev–Trinajstić information content (AvgIpc) is 2.85. The highest BCUT2D eigenvalue weighted by molar-refractivity contribution is 9.10. The SMILES string of the molecule is O=C(O)CCC1CCN(C(=O)c2ccccc2Br)C1. The number of hydrogen-bond donors (Lipinski definition) is 1. The third kappa shape index (κ3) is 3.56. The number of carboxylic acids is 1. The largest absolute Gasteiger partial charge is 0.481 e. The van der Waals surface area contributed by atoms with Crippen LogP contribution in [0.3, 0.4) is 0 Å². The number of aliphatic carboxylic acids is 1. The smallest absolute Gasteiger partial charge is 0.303 e. The van der Waals surface area contributed by atoms with Crippen LogP contribution in [0.2, 0.25) is 0 Å². The molecular weight excluding hydrogens is 310 g/mol. The first-order chi connectivity index (χ1) is 9.08. The Bertz CT molecular complexity index is 489. The maximum Gasteiger partial charge on any atom is 0.303 e. The number of carboxylic acid groups (broad SMARTS) is 1. The Balaban J connectivity index is 1.95. The number of hydrogen-bond acceptors (Lipinski definition) is 2. The Hall–Kier alpha value is -1.36. The normalized spacial score (nSPS) is 18.6. The summed E-state index contributed by atoms with van der Waals surface area (Å²) in [6.45, 7) is 1.37. The van der Waals surface area contributed by atoms with Gasteiger partial charge < -0.3 is 10.0 Å². The monoisotopic (exact) mass is 325 g/mol. The lowest BCUT2D eigenvalue weighted by molar-refractivity contribution is -0.137. The maximum absolute atomic E-state index is 12.3. The molecule has 1 atom stereocenters. The van der Waals surface area contributed by atoms with Gasteiger partial charge in [-0.3, -0.25) is 9.59 Å². The predicted octanol–water partition coefficient (Wildman–Crippen LogP) is 2.78. The second-order valence-corrected chi connectivity index (χ2v) is 5.67. The van der Waals surface area contributed by atoms with Crippen LogP contribution in [0.25, 0.3) is 0 Å². The van der Waals surface area contributed by atoms with E-state index in [-0.39, 0.29) is 12.3 Å². The Labute approximate surface area is 120 Å². The number of carbonyl (C=O) groups excluding carboxylic acids is 1. The second kappa shape index (κ2) is 6.19. The van der Waals surface area contributed by atoms with Crippen molar-refractivity contribution in [3.05, 3.63) is 34.3 Å². The zero-order valence-electron chi connectivity index (χ0n) is 10.5. The molecule has 4 nitrogen and oxygen atoms in total. The molecule has 1 N–H and O–H groups in total. The van der Waals surface area contributed by atoms with Gasteiger partial charge in [-0.2, -0.15) is 0 Å². The lowest BCUT2D eigenvalue weighted by atomic mass is 10.0. The van der Waals surface area contributed by atoms with Crippen molar-refractivity contribution in [3.8, 4) is 0 Å². The van der Waals surface area contributed by atoms with Gasteiger partial charge in [0.1, 0.15) is 0 Å². The number of rotatable bonds is 4. The molecule has 1 aromatic carbocycles. The molecular formula is C14H16BrNO3. The van der Waals surface area contributed by atoms with E-state index in [9.17, 15) is 9.59 Å². The van der Waals surface area contributed by atoms with Crippen LogP contribution >= 0.6 is 15.9 Å². The molecule has 0 spiro atoms. The van der Waals surface area contributed by atoms with Crippen LogP contribution in [-0.4, -0.2) is 35.0 Å². The van der Waals surface area contributed by atoms with E-state index in [1.807, 2.05) is 23.1 Å². The minimum atomic E-state index is -0.768. The van der Waals surface area contributed by atoms with Gasteiger partial charge in [0.25, 0.3) is 5.91 Å². The quantitative estimate of drug-likeness (QED) is 0.926. The molecule has 1 aliphatic heterocycles. The molecule has 2 rings (SSSR count). The van der Waals surface area contributed by atoms with E-state index < -0.39 is 5.97 Å². The first-order valence-corrected chi connectivity index (χ1v) is 7.13. The fourth-order valence-electron chi connectivity index (χ4n) is 2.39. The molecule has 5 heteroatoms. The number of nitrogens with zero attached hydrogens (tertiary/aromatic N) is 1. The van der Waals surface area contributed by atoms with Crippen LogP contribution in [0.4, 0.5) is 0 Å². The van der Waals surface area contributed by atoms with Crippen LogP contribution in [0.15, 0.2) is 28.7 Å². The molecule has 1 saturated heterocycles. The minimum absolute atomic E-state index is 0.0188. The number of benzene rings is 1. The van der Waals surface area contributed by atoms with Crippen molar-refractivity contribution >= 4 is 27.8 Å². The van der Waals surface area contributed by atoms with E-state index in [1.54, 1.807) is 6.07 Å². The van der Waals surface area contributed by atoms with E-state index in [0.29, 0.717) is 31.0 Å². The van der Waals surface area contributed by atoms with Gasteiger partial charge in [0, 0.05) is 24.0 Å². The van der Waals surface area contributed by atoms with Gasteiger partial charge in [0.15, 0.2) is 0 Å². The number of halogens is 1. The standard InChI is InChI=1S/C14H16BrNO3/c15-12-4-2-1-3-11(12)14(19)16-8-7-10(9-16)5-6-13(17)18/h1-4,10H,5-9H2,(H,17,18). The van der Waals surface area contributed by atoms with Crippen LogP contribution in [0.1, 0.15) is 29.6 Å². The van der Waals surface area contributed by atoms with E-state index in [1.165, 1.54) is 0 Å². The van der Waals surface area contributed by atoms with Gasteiger partial charge in [-0.25, -0.2) is 0 Å². The van der Waals surface area contributed by atoms with Gasteiger partial charge in [-0.05, 0) is 46.8 Å². The molecule has 1 unspecified atom stereocenters. The molecule has 1 fully saturated rings. The van der Waals surface area contributed by atoms with Crippen molar-refractivity contribution in [1.82, 2.24) is 4.90 Å². The van der Waals surface area contributed by atoms with Gasteiger partial charge in [-0.15, -0.1) is 0 Å². The average molecular weight is 326 g/mol. The summed E-state index contributed by atoms with van der Waals surface area (Å²) in [5.41, 5.74) is 0.668. The second-order valence-electron chi connectivity index (χ2n) is 4.82. The highest BCUT2D eigenvalue weighted by atomic mass is 79.9. The summed E-state index contributed by atoms with van der Waals surface area (Å²) in [5.74, 6) is -0.441. The topological polar surface area (TPSA) is 57.6 Å². The highest BCUT2D eigenvalue weighted by Gasteiger charge is 2.27. The Kier molecular flexibility index (Phi) is 4.58. The number of likely N-dealkylation sites (tertiary alicyclic amines) is 1. The molecule has 1 aromatic rings. The predicted molar refractivity (Wildman–Crippen MR) is 75.0 cm³/mol. The van der Waals surface area contributed by atoms with Crippen LogP contribution < -0.4 is 0 Å². The van der Waals surface area contributed by atoms with Crippen LogP contribution in [0, 0.1) is 5.92 Å². The van der Waals surface area contributed by atoms with Crippen LogP contribution in [0.5, 0.6) is 0 Å². The fraction of sp³-hybridized carbons (Fsp3) is 0.429. The van der Waals surface area contributed by atoms with Gasteiger partial charge in [0.05, 0.1) is 5.56 Å². The zero-order chi connectivity index (χ0) is 13.8. The van der Waals surface area contributed by atoms with Crippen molar-refractivity contribution in [3.63, 3.8) is 0 Å². The summed E-state index contributed by atoms with van der Waals surface area (Å²) < 4.78 is 0.800. The fourth-order valence-corrected chi connectivity index (χ4v) is 2.84. The zero-order valence-corrected chi connectivity index (χ0v) is 12.1. The summed E-state index contributed by atoms with van der Waals surface area (Å²) in [6, 6.07) is 7.37. The minimum Gasteiger partial charge on any atom is -0.481 e. The molecule has 0 saturated carbocycles. The molecule has 0 bridgehead atoms. The maximum atomic E-state index is 12.3. The third-order valence-electron chi connectivity index (χ3n) is 3.44.